The van der Waals surface area contributed by atoms with Crippen molar-refractivity contribution in [3.8, 4) is 5.75 Å². The van der Waals surface area contributed by atoms with E-state index in [1.807, 2.05) is 0 Å². The van der Waals surface area contributed by atoms with E-state index in [-0.39, 0.29) is 24.9 Å². The lowest BCUT2D eigenvalue weighted by atomic mass is 10.2. The topological polar surface area (TPSA) is 64.3 Å². The molecule has 1 aromatic carbocycles. The molecule has 0 radical (unpaired) electrons. The number of methoxy groups -OCH3 is 1. The van der Waals surface area contributed by atoms with Crippen molar-refractivity contribution in [1.82, 2.24) is 5.32 Å². The van der Waals surface area contributed by atoms with Crippen LogP contribution in [0.2, 0.25) is 0 Å². The molecule has 1 rings (SSSR count). The molecule has 94 valence electrons. The number of hydrogen-bond donors (Lipinski definition) is 2. The first-order chi connectivity index (χ1) is 8.02. The van der Waals surface area contributed by atoms with Crippen LogP contribution in [0.5, 0.6) is 5.75 Å². The molecule has 4 nitrogen and oxygen atoms in total. The van der Waals surface area contributed by atoms with Gasteiger partial charge in [0, 0.05) is 30.6 Å². The van der Waals surface area contributed by atoms with Gasteiger partial charge in [-0.25, -0.2) is 4.39 Å². The number of carbonyl (C=O) groups excluding carboxylic acids is 1. The van der Waals surface area contributed by atoms with E-state index in [9.17, 15) is 9.18 Å². The summed E-state index contributed by atoms with van der Waals surface area (Å²) in [7, 11) is 1.47. The van der Waals surface area contributed by atoms with Crippen LogP contribution >= 0.6 is 0 Å². The quantitative estimate of drug-likeness (QED) is 0.812. The van der Waals surface area contributed by atoms with Crippen LogP contribution in [0.3, 0.4) is 0 Å². The van der Waals surface area contributed by atoms with Crippen LogP contribution in [0.15, 0.2) is 18.2 Å². The van der Waals surface area contributed by atoms with Crippen molar-refractivity contribution in [2.75, 3.05) is 7.11 Å². The average molecular weight is 240 g/mol. The zero-order chi connectivity index (χ0) is 12.8. The van der Waals surface area contributed by atoms with Crippen molar-refractivity contribution in [2.24, 2.45) is 5.73 Å². The maximum atomic E-state index is 13.5. The van der Waals surface area contributed by atoms with Gasteiger partial charge in [0.05, 0.1) is 7.11 Å². The van der Waals surface area contributed by atoms with Crippen LogP contribution in [0.25, 0.3) is 0 Å². The van der Waals surface area contributed by atoms with Gasteiger partial charge >= 0.3 is 0 Å². The minimum absolute atomic E-state index is 0.154. The van der Waals surface area contributed by atoms with E-state index in [1.165, 1.54) is 13.2 Å². The van der Waals surface area contributed by atoms with Crippen LogP contribution in [-0.4, -0.2) is 19.1 Å². The fourth-order valence-electron chi connectivity index (χ4n) is 1.36. The van der Waals surface area contributed by atoms with Crippen LogP contribution in [-0.2, 0) is 11.3 Å². The van der Waals surface area contributed by atoms with Gasteiger partial charge < -0.3 is 15.8 Å². The molecular formula is C12H17FN2O2. The Kier molecular flexibility index (Phi) is 4.90. The molecule has 0 saturated heterocycles. The molecular weight excluding hydrogens is 223 g/mol. The number of benzene rings is 1. The second kappa shape index (κ2) is 6.20. The van der Waals surface area contributed by atoms with Crippen molar-refractivity contribution in [1.29, 1.82) is 0 Å². The summed E-state index contributed by atoms with van der Waals surface area (Å²) in [4.78, 5) is 11.3. The van der Waals surface area contributed by atoms with Gasteiger partial charge in [-0.15, -0.1) is 0 Å². The minimum Gasteiger partial charge on any atom is -0.497 e. The molecule has 0 bridgehead atoms. The third kappa shape index (κ3) is 4.40. The average Bonchev–Trinajstić information content (AvgIpc) is 2.26. The highest BCUT2D eigenvalue weighted by Crippen LogP contribution is 2.15. The molecule has 0 fully saturated rings. The van der Waals surface area contributed by atoms with Crippen LogP contribution in [0, 0.1) is 5.82 Å². The van der Waals surface area contributed by atoms with E-state index in [4.69, 9.17) is 10.5 Å². The van der Waals surface area contributed by atoms with Gasteiger partial charge in [0.2, 0.25) is 5.91 Å². The normalized spacial score (nSPS) is 12.0. The number of nitrogens with one attached hydrogen (secondary N) is 1. The number of halogens is 1. The second-order valence-corrected chi connectivity index (χ2v) is 3.92. The third-order valence-electron chi connectivity index (χ3n) is 2.24. The van der Waals surface area contributed by atoms with Gasteiger partial charge in [0.15, 0.2) is 0 Å². The van der Waals surface area contributed by atoms with Crippen LogP contribution < -0.4 is 15.8 Å². The van der Waals surface area contributed by atoms with Gasteiger partial charge in [0.25, 0.3) is 0 Å². The maximum absolute atomic E-state index is 13.5. The number of rotatable bonds is 5. The molecule has 0 aliphatic carbocycles. The van der Waals surface area contributed by atoms with Gasteiger partial charge in [-0.3, -0.25) is 4.79 Å². The molecule has 1 amide bonds. The van der Waals surface area contributed by atoms with E-state index in [0.717, 1.165) is 0 Å². The molecule has 0 heterocycles. The maximum Gasteiger partial charge on any atom is 0.221 e. The molecule has 0 aromatic heterocycles. The lowest BCUT2D eigenvalue weighted by molar-refractivity contribution is -0.121. The summed E-state index contributed by atoms with van der Waals surface area (Å²) < 4.78 is 18.4. The number of ether oxygens (including phenoxy) is 1. The Balaban J connectivity index is 2.55. The first-order valence-electron chi connectivity index (χ1n) is 5.37. The molecule has 0 spiro atoms. The number of carbonyl (C=O) groups is 1. The summed E-state index contributed by atoms with van der Waals surface area (Å²) in [5.74, 6) is -0.131. The summed E-state index contributed by atoms with van der Waals surface area (Å²) >= 11 is 0. The van der Waals surface area contributed by atoms with Crippen molar-refractivity contribution < 1.29 is 13.9 Å². The van der Waals surface area contributed by atoms with Gasteiger partial charge in [0.1, 0.15) is 11.6 Å². The zero-order valence-electron chi connectivity index (χ0n) is 10.00. The first kappa shape index (κ1) is 13.4. The summed E-state index contributed by atoms with van der Waals surface area (Å²) in [6.45, 7) is 1.90. The van der Waals surface area contributed by atoms with E-state index >= 15 is 0 Å². The lowest BCUT2D eigenvalue weighted by Crippen LogP contribution is -2.29. The Morgan fingerprint density at radius 3 is 2.82 bits per heavy atom. The Bertz CT molecular complexity index is 394. The predicted octanol–water partition coefficient (Wildman–Crippen LogP) is 1.19. The molecule has 0 aliphatic rings. The number of nitrogens with two attached hydrogens (primary N) is 1. The zero-order valence-corrected chi connectivity index (χ0v) is 10.00. The Morgan fingerprint density at radius 2 is 2.29 bits per heavy atom. The van der Waals surface area contributed by atoms with Crippen molar-refractivity contribution in [3.05, 3.63) is 29.6 Å². The number of amides is 1. The first-order valence-corrected chi connectivity index (χ1v) is 5.37. The smallest absolute Gasteiger partial charge is 0.221 e. The predicted molar refractivity (Wildman–Crippen MR) is 63.1 cm³/mol. The summed E-state index contributed by atoms with van der Waals surface area (Å²) in [6.07, 6.45) is 0.234. The molecule has 17 heavy (non-hydrogen) atoms. The number of hydrogen-bond acceptors (Lipinski definition) is 3. The summed E-state index contributed by atoms with van der Waals surface area (Å²) in [5, 5.41) is 2.61. The Morgan fingerprint density at radius 1 is 1.59 bits per heavy atom. The Labute approximate surface area is 100.0 Å². The highest BCUT2D eigenvalue weighted by atomic mass is 19.1. The Hall–Kier alpha value is -1.62. The largest absolute Gasteiger partial charge is 0.497 e. The molecule has 1 unspecified atom stereocenters. The second-order valence-electron chi connectivity index (χ2n) is 3.92. The van der Waals surface area contributed by atoms with Crippen molar-refractivity contribution >= 4 is 5.91 Å². The molecule has 1 atom stereocenters. The van der Waals surface area contributed by atoms with Gasteiger partial charge in [-0.1, -0.05) is 6.07 Å². The van der Waals surface area contributed by atoms with Crippen molar-refractivity contribution in [3.63, 3.8) is 0 Å². The molecule has 1 aromatic rings. The molecule has 3 N–H and O–H groups in total. The SMILES string of the molecule is COc1ccc(CNC(=O)CC(C)N)c(F)c1. The fraction of sp³-hybridized carbons (Fsp3) is 0.417. The van der Waals surface area contributed by atoms with Crippen LogP contribution in [0.1, 0.15) is 18.9 Å². The van der Waals surface area contributed by atoms with Gasteiger partial charge in [-0.2, -0.15) is 0 Å². The highest BCUT2D eigenvalue weighted by Gasteiger charge is 2.07. The summed E-state index contributed by atoms with van der Waals surface area (Å²) in [6, 6.07) is 4.32. The lowest BCUT2D eigenvalue weighted by Gasteiger charge is -2.09. The van der Waals surface area contributed by atoms with E-state index in [0.29, 0.717) is 11.3 Å². The van der Waals surface area contributed by atoms with E-state index in [1.54, 1.807) is 19.1 Å². The standard InChI is InChI=1S/C12H17FN2O2/c1-8(14)5-12(16)15-7-9-3-4-10(17-2)6-11(9)13/h3-4,6,8H,5,7,14H2,1-2H3,(H,15,16). The molecule has 5 heteroatoms. The molecule has 0 saturated carbocycles. The van der Waals surface area contributed by atoms with Crippen LogP contribution in [0.4, 0.5) is 4.39 Å². The summed E-state index contributed by atoms with van der Waals surface area (Å²) in [5.41, 5.74) is 5.90. The highest BCUT2D eigenvalue weighted by molar-refractivity contribution is 5.76. The van der Waals surface area contributed by atoms with E-state index in [2.05, 4.69) is 5.32 Å². The molecule has 0 aliphatic heterocycles. The van der Waals surface area contributed by atoms with Gasteiger partial charge in [-0.05, 0) is 13.0 Å². The monoisotopic (exact) mass is 240 g/mol. The fourth-order valence-corrected chi connectivity index (χ4v) is 1.36. The third-order valence-corrected chi connectivity index (χ3v) is 2.24. The van der Waals surface area contributed by atoms with Crippen molar-refractivity contribution in [2.45, 2.75) is 25.9 Å². The van der Waals surface area contributed by atoms with E-state index < -0.39 is 5.82 Å². The minimum atomic E-state index is -0.398.